The van der Waals surface area contributed by atoms with Gasteiger partial charge in [-0.25, -0.2) is 4.98 Å². The first-order chi connectivity index (χ1) is 15.3. The van der Waals surface area contributed by atoms with Crippen molar-refractivity contribution >= 4 is 34.0 Å². The lowest BCUT2D eigenvalue weighted by Crippen LogP contribution is -2.46. The summed E-state index contributed by atoms with van der Waals surface area (Å²) in [6, 6.07) is 7.74. The van der Waals surface area contributed by atoms with Crippen LogP contribution in [0, 0.1) is 5.92 Å². The Labute approximate surface area is 185 Å². The number of aromatic nitrogens is 1. The van der Waals surface area contributed by atoms with Crippen molar-refractivity contribution in [3.8, 4) is 0 Å². The third-order valence-electron chi connectivity index (χ3n) is 6.06. The van der Waals surface area contributed by atoms with Gasteiger partial charge in [0.05, 0.1) is 17.0 Å². The second-order valence-electron chi connectivity index (χ2n) is 8.49. The molecule has 0 radical (unpaired) electrons. The Hall–Kier alpha value is -2.87. The zero-order valence-corrected chi connectivity index (χ0v) is 17.9. The first kappa shape index (κ1) is 22.3. The predicted octanol–water partition coefficient (Wildman–Crippen LogP) is 4.51. The quantitative estimate of drug-likeness (QED) is 0.561. The minimum Gasteiger partial charge on any atom is -0.382 e. The highest BCUT2D eigenvalue weighted by atomic mass is 19.4. The molecule has 5 nitrogen and oxygen atoms in total. The highest BCUT2D eigenvalue weighted by Gasteiger charge is 2.35. The van der Waals surface area contributed by atoms with Crippen molar-refractivity contribution in [2.24, 2.45) is 5.92 Å². The topological polar surface area (TPSA) is 66.0 Å². The summed E-state index contributed by atoms with van der Waals surface area (Å²) in [4.78, 5) is 16.0. The van der Waals surface area contributed by atoms with E-state index in [4.69, 9.17) is 0 Å². The maximum absolute atomic E-state index is 13.5. The van der Waals surface area contributed by atoms with Gasteiger partial charge in [0.15, 0.2) is 0 Å². The Balaban J connectivity index is 1.64. The summed E-state index contributed by atoms with van der Waals surface area (Å²) in [5, 5.41) is 10.6. The van der Waals surface area contributed by atoms with E-state index in [2.05, 4.69) is 27.5 Å². The number of carbonyl (C=O) groups is 1. The first-order valence-corrected chi connectivity index (χ1v) is 10.8. The summed E-state index contributed by atoms with van der Waals surface area (Å²) >= 11 is 0. The largest absolute Gasteiger partial charge is 0.417 e. The molecule has 2 aromatic rings. The van der Waals surface area contributed by atoms with Crippen LogP contribution < -0.4 is 16.0 Å². The van der Waals surface area contributed by atoms with E-state index in [1.807, 2.05) is 13.1 Å². The van der Waals surface area contributed by atoms with E-state index in [1.165, 1.54) is 0 Å². The predicted molar refractivity (Wildman–Crippen MR) is 121 cm³/mol. The third-order valence-corrected chi connectivity index (χ3v) is 6.06. The number of rotatable bonds is 8. The molecule has 1 amide bonds. The number of hydrogen-bond donors (Lipinski definition) is 3. The maximum Gasteiger partial charge on any atom is 0.417 e. The fourth-order valence-electron chi connectivity index (χ4n) is 3.89. The molecular formula is C24H27F3N4O. The second-order valence-corrected chi connectivity index (χ2v) is 8.49. The van der Waals surface area contributed by atoms with Crippen LogP contribution in [0.25, 0.3) is 22.4 Å². The molecule has 4 rings (SSSR count). The van der Waals surface area contributed by atoms with E-state index in [-0.39, 0.29) is 23.6 Å². The van der Waals surface area contributed by atoms with Crippen molar-refractivity contribution in [2.75, 3.05) is 18.9 Å². The van der Waals surface area contributed by atoms with Gasteiger partial charge in [0.2, 0.25) is 5.91 Å². The number of alkyl halides is 3. The van der Waals surface area contributed by atoms with E-state index in [9.17, 15) is 18.0 Å². The molecule has 1 aromatic carbocycles. The van der Waals surface area contributed by atoms with Crippen molar-refractivity contribution < 1.29 is 18.0 Å². The molecule has 2 saturated carbocycles. The highest BCUT2D eigenvalue weighted by Crippen LogP contribution is 2.38. The Bertz CT molecular complexity index is 1050. The van der Waals surface area contributed by atoms with Gasteiger partial charge in [0.25, 0.3) is 0 Å². The number of benzene rings is 1. The van der Waals surface area contributed by atoms with Gasteiger partial charge in [-0.05, 0) is 50.9 Å². The molecule has 32 heavy (non-hydrogen) atoms. The van der Waals surface area contributed by atoms with Crippen molar-refractivity contribution in [1.29, 1.82) is 0 Å². The summed E-state index contributed by atoms with van der Waals surface area (Å²) in [6.45, 7) is 3.58. The van der Waals surface area contributed by atoms with Crippen LogP contribution in [0.4, 0.5) is 18.9 Å². The average molecular weight is 445 g/mol. The van der Waals surface area contributed by atoms with Crippen LogP contribution in [0.15, 0.2) is 36.9 Å². The second kappa shape index (κ2) is 8.94. The van der Waals surface area contributed by atoms with Crippen LogP contribution >= 0.6 is 0 Å². The zero-order valence-electron chi connectivity index (χ0n) is 17.9. The summed E-state index contributed by atoms with van der Waals surface area (Å²) in [7, 11) is 1.92. The van der Waals surface area contributed by atoms with E-state index in [1.54, 1.807) is 30.4 Å². The van der Waals surface area contributed by atoms with Crippen molar-refractivity contribution in [3.05, 3.63) is 48.3 Å². The Morgan fingerprint density at radius 1 is 1.22 bits per heavy atom. The van der Waals surface area contributed by atoms with Crippen molar-refractivity contribution in [2.45, 2.75) is 43.9 Å². The molecule has 170 valence electrons. The number of hydrogen-bond acceptors (Lipinski definition) is 4. The Morgan fingerprint density at radius 3 is 2.62 bits per heavy atom. The number of pyridine rings is 1. The number of anilines is 1. The molecule has 0 spiro atoms. The van der Waals surface area contributed by atoms with Crippen molar-refractivity contribution in [1.82, 2.24) is 15.6 Å². The SMILES string of the molecule is C=C(c1nc(/C=C/CNC(=O)C2CC2)cc2c(NC3CC(NC)C3)cccc12)C(F)(F)F. The molecule has 0 atom stereocenters. The summed E-state index contributed by atoms with van der Waals surface area (Å²) in [5.74, 6) is 0.116. The number of fused-ring (bicyclic) bond motifs is 1. The van der Waals surface area contributed by atoms with Gasteiger partial charge in [-0.15, -0.1) is 0 Å². The molecule has 0 unspecified atom stereocenters. The van der Waals surface area contributed by atoms with Gasteiger partial charge in [0, 0.05) is 41.0 Å². The minimum absolute atomic E-state index is 0.0131. The van der Waals surface area contributed by atoms with E-state index in [0.29, 0.717) is 29.1 Å². The number of nitrogens with one attached hydrogen (secondary N) is 3. The van der Waals surface area contributed by atoms with Crippen molar-refractivity contribution in [3.63, 3.8) is 0 Å². The van der Waals surface area contributed by atoms with Crippen LogP contribution in [0.2, 0.25) is 0 Å². The first-order valence-electron chi connectivity index (χ1n) is 10.8. The molecule has 0 saturated heterocycles. The monoisotopic (exact) mass is 444 g/mol. The number of halogens is 3. The summed E-state index contributed by atoms with van der Waals surface area (Å²) < 4.78 is 40.5. The van der Waals surface area contributed by atoms with Gasteiger partial charge < -0.3 is 16.0 Å². The lowest BCUT2D eigenvalue weighted by atomic mass is 9.86. The molecule has 1 aromatic heterocycles. The highest BCUT2D eigenvalue weighted by molar-refractivity contribution is 6.00. The van der Waals surface area contributed by atoms with Gasteiger partial charge >= 0.3 is 6.18 Å². The lowest BCUT2D eigenvalue weighted by Gasteiger charge is -2.36. The molecule has 3 N–H and O–H groups in total. The Kier molecular flexibility index (Phi) is 6.24. The van der Waals surface area contributed by atoms with Gasteiger partial charge in [0.1, 0.15) is 0 Å². The third kappa shape index (κ3) is 4.96. The molecule has 8 heteroatoms. The number of nitrogens with zero attached hydrogens (tertiary/aromatic N) is 1. The molecule has 2 aliphatic rings. The van der Waals surface area contributed by atoms with E-state index < -0.39 is 11.7 Å². The fraction of sp³-hybridized carbons (Fsp3) is 0.417. The number of allylic oxidation sites excluding steroid dienone is 1. The Morgan fingerprint density at radius 2 is 1.97 bits per heavy atom. The fourth-order valence-corrected chi connectivity index (χ4v) is 3.89. The standard InChI is InChI=1S/C24H27F3N4O/c1-14(24(25,26)27)22-19-6-3-7-21(30-18-11-17(12-18)28-2)20(19)13-16(31-22)5-4-10-29-23(32)15-8-9-15/h3-7,13,15,17-18,28,30H,1,8-12H2,2H3,(H,29,32)/b5-4+. The summed E-state index contributed by atoms with van der Waals surface area (Å²) in [5.41, 5.74) is 0.00440. The smallest absolute Gasteiger partial charge is 0.382 e. The summed E-state index contributed by atoms with van der Waals surface area (Å²) in [6.07, 6.45) is 2.48. The number of amides is 1. The van der Waals surface area contributed by atoms with Crippen LogP contribution in [0.5, 0.6) is 0 Å². The molecule has 2 aliphatic carbocycles. The van der Waals surface area contributed by atoms with Crippen LogP contribution in [-0.4, -0.2) is 42.7 Å². The van der Waals surface area contributed by atoms with Gasteiger partial charge in [-0.3, -0.25) is 4.79 Å². The molecule has 1 heterocycles. The molecular weight excluding hydrogens is 417 g/mol. The van der Waals surface area contributed by atoms with Gasteiger partial charge in [-0.1, -0.05) is 24.8 Å². The number of carbonyl (C=O) groups excluding carboxylic acids is 1. The van der Waals surface area contributed by atoms with Crippen LogP contribution in [-0.2, 0) is 4.79 Å². The van der Waals surface area contributed by atoms with E-state index >= 15 is 0 Å². The lowest BCUT2D eigenvalue weighted by molar-refractivity contribution is -0.122. The average Bonchev–Trinajstić information content (AvgIpc) is 3.57. The van der Waals surface area contributed by atoms with Crippen LogP contribution in [0.3, 0.4) is 0 Å². The normalized spacial score (nSPS) is 20.9. The van der Waals surface area contributed by atoms with Crippen LogP contribution in [0.1, 0.15) is 37.1 Å². The molecule has 2 fully saturated rings. The maximum atomic E-state index is 13.5. The zero-order chi connectivity index (χ0) is 22.9. The minimum atomic E-state index is -4.59. The van der Waals surface area contributed by atoms with Gasteiger partial charge in [-0.2, -0.15) is 13.2 Å². The van der Waals surface area contributed by atoms with E-state index in [0.717, 1.165) is 31.4 Å². The molecule has 0 aliphatic heterocycles. The molecule has 0 bridgehead atoms.